The van der Waals surface area contributed by atoms with Crippen molar-refractivity contribution >= 4 is 18.1 Å². The van der Waals surface area contributed by atoms with E-state index < -0.39 is 0 Å². The number of nitrogens with zero attached hydrogens (tertiary/aromatic N) is 1. The average molecular weight is 424 g/mol. The van der Waals surface area contributed by atoms with Crippen LogP contribution in [0.25, 0.3) is 0 Å². The Balaban J connectivity index is 0.00000784. The van der Waals surface area contributed by atoms with E-state index in [-0.39, 0.29) is 12.4 Å². The molecule has 0 bridgehead atoms. The van der Waals surface area contributed by atoms with Crippen molar-refractivity contribution in [3.8, 4) is 0 Å². The lowest BCUT2D eigenvalue weighted by Crippen LogP contribution is -2.25. The van der Waals surface area contributed by atoms with E-state index in [1.165, 1.54) is 127 Å². The molecule has 0 spiro atoms. The van der Waals surface area contributed by atoms with Gasteiger partial charge in [-0.05, 0) is 31.9 Å². The maximum Gasteiger partial charge on any atom is 0.0366 e. The highest BCUT2D eigenvalue weighted by Gasteiger charge is 2.06. The van der Waals surface area contributed by atoms with Crippen molar-refractivity contribution in [3.63, 3.8) is 0 Å². The van der Waals surface area contributed by atoms with E-state index in [9.17, 15) is 0 Å². The maximum absolute atomic E-state index is 2.65. The van der Waals surface area contributed by atoms with Crippen molar-refractivity contribution in [1.29, 1.82) is 0 Å². The zero-order valence-corrected chi connectivity index (χ0v) is 20.7. The summed E-state index contributed by atoms with van der Waals surface area (Å²) < 4.78 is 0. The number of benzene rings is 1. The molecule has 0 amide bonds. The summed E-state index contributed by atoms with van der Waals surface area (Å²) in [5.74, 6) is 0. The number of aryl methyl sites for hydroxylation is 1. The fourth-order valence-corrected chi connectivity index (χ4v) is 4.00. The molecule has 0 saturated carbocycles. The number of rotatable bonds is 19. The molecule has 1 rings (SSSR count). The van der Waals surface area contributed by atoms with Crippen LogP contribution in [0.4, 0.5) is 5.69 Å². The Morgan fingerprint density at radius 1 is 0.517 bits per heavy atom. The van der Waals surface area contributed by atoms with Crippen molar-refractivity contribution in [2.24, 2.45) is 0 Å². The van der Waals surface area contributed by atoms with Gasteiger partial charge >= 0.3 is 0 Å². The monoisotopic (exact) mass is 423 g/mol. The summed E-state index contributed by atoms with van der Waals surface area (Å²) in [6, 6.07) is 9.18. The lowest BCUT2D eigenvalue weighted by Gasteiger charge is -2.25. The zero-order chi connectivity index (χ0) is 20.3. The van der Waals surface area contributed by atoms with Gasteiger partial charge in [0.05, 0.1) is 0 Å². The van der Waals surface area contributed by atoms with Crippen LogP contribution in [0.1, 0.15) is 122 Å². The van der Waals surface area contributed by atoms with Gasteiger partial charge < -0.3 is 4.90 Å². The first-order valence-electron chi connectivity index (χ1n) is 12.6. The molecule has 0 radical (unpaired) electrons. The molecule has 0 aliphatic carbocycles. The average Bonchev–Trinajstić information content (AvgIpc) is 2.71. The highest BCUT2D eigenvalue weighted by atomic mass is 35.5. The Morgan fingerprint density at radius 2 is 0.862 bits per heavy atom. The first-order chi connectivity index (χ1) is 13.8. The molecule has 29 heavy (non-hydrogen) atoms. The molecule has 170 valence electrons. The molecule has 1 aromatic rings. The van der Waals surface area contributed by atoms with Gasteiger partial charge in [-0.1, -0.05) is 121 Å². The third-order valence-electron chi connectivity index (χ3n) is 5.96. The summed E-state index contributed by atoms with van der Waals surface area (Å²) in [5.41, 5.74) is 2.79. The highest BCUT2D eigenvalue weighted by Crippen LogP contribution is 2.18. The topological polar surface area (TPSA) is 3.24 Å². The largest absolute Gasteiger partial charge is 0.372 e. The smallest absolute Gasteiger partial charge is 0.0366 e. The van der Waals surface area contributed by atoms with Gasteiger partial charge in [0.15, 0.2) is 0 Å². The van der Waals surface area contributed by atoms with Gasteiger partial charge in [-0.15, -0.1) is 12.4 Å². The van der Waals surface area contributed by atoms with Crippen LogP contribution in [0, 0.1) is 6.92 Å². The van der Waals surface area contributed by atoms with E-state index >= 15 is 0 Å². The van der Waals surface area contributed by atoms with Crippen molar-refractivity contribution in [3.05, 3.63) is 29.8 Å². The fourth-order valence-electron chi connectivity index (χ4n) is 4.00. The molecule has 0 aliphatic heterocycles. The molecule has 0 aromatic heterocycles. The van der Waals surface area contributed by atoms with Crippen molar-refractivity contribution in [2.75, 3.05) is 18.0 Å². The van der Waals surface area contributed by atoms with Crippen LogP contribution in [0.2, 0.25) is 0 Å². The quantitative estimate of drug-likeness (QED) is 0.200. The number of unbranched alkanes of at least 4 members (excludes halogenated alkanes) is 14. The molecule has 0 fully saturated rings. The molecule has 1 nitrogen and oxygen atoms in total. The van der Waals surface area contributed by atoms with Gasteiger partial charge in [-0.25, -0.2) is 0 Å². The van der Waals surface area contributed by atoms with Gasteiger partial charge in [0.2, 0.25) is 0 Å². The Bertz CT molecular complexity index is 422. The first-order valence-corrected chi connectivity index (χ1v) is 12.6. The van der Waals surface area contributed by atoms with Gasteiger partial charge in [-0.3, -0.25) is 0 Å². The minimum Gasteiger partial charge on any atom is -0.372 e. The third kappa shape index (κ3) is 15.8. The molecule has 0 unspecified atom stereocenters. The van der Waals surface area contributed by atoms with Crippen molar-refractivity contribution in [2.45, 2.75) is 124 Å². The molecule has 1 aromatic carbocycles. The molecule has 0 aliphatic rings. The molecule has 0 saturated heterocycles. The number of halogens is 1. The predicted molar refractivity (Wildman–Crippen MR) is 136 cm³/mol. The molecular formula is C27H50ClN. The molecular weight excluding hydrogens is 374 g/mol. The minimum atomic E-state index is 0. The second-order valence-electron chi connectivity index (χ2n) is 8.77. The van der Waals surface area contributed by atoms with Gasteiger partial charge in [0.25, 0.3) is 0 Å². The molecule has 2 heteroatoms. The summed E-state index contributed by atoms with van der Waals surface area (Å²) in [4.78, 5) is 2.65. The number of anilines is 1. The van der Waals surface area contributed by atoms with Gasteiger partial charge in [0, 0.05) is 18.8 Å². The zero-order valence-electron chi connectivity index (χ0n) is 19.9. The van der Waals surface area contributed by atoms with E-state index in [0.717, 1.165) is 0 Å². The van der Waals surface area contributed by atoms with Crippen LogP contribution in [0.3, 0.4) is 0 Å². The standard InChI is InChI=1S/C27H49N.ClH/c1-4-6-8-10-12-14-16-18-24-28(27-22-20-26(3)21-23-27)25-19-17-15-13-11-9-7-5-2;/h20-23H,4-19,24-25H2,1-3H3;1H. The van der Waals surface area contributed by atoms with E-state index in [0.29, 0.717) is 0 Å². The Labute approximate surface area is 189 Å². The van der Waals surface area contributed by atoms with Crippen molar-refractivity contribution in [1.82, 2.24) is 0 Å². The summed E-state index contributed by atoms with van der Waals surface area (Å²) >= 11 is 0. The van der Waals surface area contributed by atoms with E-state index in [2.05, 4.69) is 49.9 Å². The fraction of sp³-hybridized carbons (Fsp3) is 0.778. The second-order valence-corrected chi connectivity index (χ2v) is 8.77. The Kier molecular flexibility index (Phi) is 20.1. The predicted octanol–water partition coefficient (Wildman–Crippen LogP) is 9.50. The van der Waals surface area contributed by atoms with Crippen LogP contribution < -0.4 is 4.90 Å². The first kappa shape index (κ1) is 28.3. The van der Waals surface area contributed by atoms with Crippen LogP contribution in [-0.2, 0) is 0 Å². The van der Waals surface area contributed by atoms with Crippen LogP contribution in [0.15, 0.2) is 24.3 Å². The van der Waals surface area contributed by atoms with Crippen LogP contribution in [-0.4, -0.2) is 13.1 Å². The summed E-state index contributed by atoms with van der Waals surface area (Å²) in [7, 11) is 0. The summed E-state index contributed by atoms with van der Waals surface area (Å²) in [5, 5.41) is 0. The molecule has 0 N–H and O–H groups in total. The Morgan fingerprint density at radius 3 is 1.24 bits per heavy atom. The van der Waals surface area contributed by atoms with Crippen LogP contribution in [0.5, 0.6) is 0 Å². The molecule has 0 atom stereocenters. The minimum absolute atomic E-state index is 0. The second kappa shape index (κ2) is 20.6. The molecule has 0 heterocycles. The number of hydrogen-bond acceptors (Lipinski definition) is 1. The van der Waals surface area contributed by atoms with Crippen molar-refractivity contribution < 1.29 is 0 Å². The SMILES string of the molecule is CCCCCCCCCCN(CCCCCCCCCC)c1ccc(C)cc1.Cl. The van der Waals surface area contributed by atoms with Crippen LogP contribution >= 0.6 is 12.4 Å². The summed E-state index contributed by atoms with van der Waals surface area (Å²) in [6.45, 7) is 9.24. The lowest BCUT2D eigenvalue weighted by molar-refractivity contribution is 0.555. The lowest BCUT2D eigenvalue weighted by atomic mass is 10.1. The van der Waals surface area contributed by atoms with E-state index in [4.69, 9.17) is 0 Å². The van der Waals surface area contributed by atoms with E-state index in [1.54, 1.807) is 0 Å². The number of hydrogen-bond donors (Lipinski definition) is 0. The normalized spacial score (nSPS) is 10.7. The third-order valence-corrected chi connectivity index (χ3v) is 5.96. The van der Waals surface area contributed by atoms with Gasteiger partial charge in [0.1, 0.15) is 0 Å². The van der Waals surface area contributed by atoms with Gasteiger partial charge in [-0.2, -0.15) is 0 Å². The highest BCUT2D eigenvalue weighted by molar-refractivity contribution is 5.85. The maximum atomic E-state index is 2.65. The van der Waals surface area contributed by atoms with E-state index in [1.807, 2.05) is 0 Å². The Hall–Kier alpha value is -0.690. The summed E-state index contributed by atoms with van der Waals surface area (Å²) in [6.07, 6.45) is 22.5.